The van der Waals surface area contributed by atoms with Gasteiger partial charge in [0.25, 0.3) is 5.91 Å². The Bertz CT molecular complexity index is 972. The zero-order valence-corrected chi connectivity index (χ0v) is 16.6. The van der Waals surface area contributed by atoms with Gasteiger partial charge in [0.05, 0.1) is 12.7 Å². The van der Waals surface area contributed by atoms with E-state index in [1.54, 1.807) is 7.11 Å². The fraction of sp³-hybridized carbons (Fsp3) is 0.318. The van der Waals surface area contributed by atoms with Crippen LogP contribution in [0, 0.1) is 0 Å². The SMILES string of the molecule is COc1ccc(N(C)c2ccc3ccc(C(=O)N4CCN(C)CC4)cn23)cc1. The first kappa shape index (κ1) is 18.4. The summed E-state index contributed by atoms with van der Waals surface area (Å²) in [6, 6.07) is 16.0. The molecule has 0 unspecified atom stereocenters. The number of rotatable bonds is 4. The average molecular weight is 378 g/mol. The maximum atomic E-state index is 13.0. The molecule has 6 nitrogen and oxygen atoms in total. The molecule has 1 saturated heterocycles. The molecule has 4 rings (SSSR count). The molecule has 0 spiro atoms. The summed E-state index contributed by atoms with van der Waals surface area (Å²) in [7, 11) is 5.78. The van der Waals surface area contributed by atoms with Crippen molar-refractivity contribution in [3.8, 4) is 5.75 Å². The molecule has 3 heterocycles. The summed E-state index contributed by atoms with van der Waals surface area (Å²) in [5, 5.41) is 0. The van der Waals surface area contributed by atoms with Gasteiger partial charge in [-0.15, -0.1) is 0 Å². The number of benzene rings is 1. The highest BCUT2D eigenvalue weighted by Crippen LogP contribution is 2.28. The summed E-state index contributed by atoms with van der Waals surface area (Å²) < 4.78 is 7.32. The van der Waals surface area contributed by atoms with E-state index in [9.17, 15) is 4.79 Å². The van der Waals surface area contributed by atoms with E-state index < -0.39 is 0 Å². The molecule has 0 atom stereocenters. The van der Waals surface area contributed by atoms with Crippen molar-refractivity contribution < 1.29 is 9.53 Å². The zero-order valence-electron chi connectivity index (χ0n) is 16.6. The van der Waals surface area contributed by atoms with Crippen molar-refractivity contribution in [1.82, 2.24) is 14.2 Å². The summed E-state index contributed by atoms with van der Waals surface area (Å²) in [6.45, 7) is 3.39. The van der Waals surface area contributed by atoms with Crippen LogP contribution in [0.4, 0.5) is 11.5 Å². The Morgan fingerprint density at radius 3 is 2.32 bits per heavy atom. The predicted molar refractivity (Wildman–Crippen MR) is 112 cm³/mol. The normalized spacial score (nSPS) is 15.0. The third-order valence-electron chi connectivity index (χ3n) is 5.47. The van der Waals surface area contributed by atoms with Gasteiger partial charge in [0.15, 0.2) is 0 Å². The molecule has 0 saturated carbocycles. The molecule has 1 aliphatic heterocycles. The molecular weight excluding hydrogens is 352 g/mol. The van der Waals surface area contributed by atoms with Gasteiger partial charge in [-0.25, -0.2) is 0 Å². The number of aromatic nitrogens is 1. The van der Waals surface area contributed by atoms with Gasteiger partial charge in [-0.2, -0.15) is 0 Å². The summed E-state index contributed by atoms with van der Waals surface area (Å²) in [5.41, 5.74) is 2.83. The lowest BCUT2D eigenvalue weighted by molar-refractivity contribution is 0.0663. The highest BCUT2D eigenvalue weighted by molar-refractivity contribution is 5.94. The van der Waals surface area contributed by atoms with E-state index in [2.05, 4.69) is 33.4 Å². The van der Waals surface area contributed by atoms with Gasteiger partial charge in [-0.05, 0) is 55.6 Å². The van der Waals surface area contributed by atoms with Crippen molar-refractivity contribution in [3.63, 3.8) is 0 Å². The predicted octanol–water partition coefficient (Wildman–Crippen LogP) is 3.10. The lowest BCUT2D eigenvalue weighted by Crippen LogP contribution is -2.47. The van der Waals surface area contributed by atoms with Gasteiger partial charge in [0, 0.05) is 50.6 Å². The van der Waals surface area contributed by atoms with Crippen LogP contribution in [0.25, 0.3) is 5.52 Å². The number of likely N-dealkylation sites (N-methyl/N-ethyl adjacent to an activating group) is 1. The van der Waals surface area contributed by atoms with Crippen molar-refractivity contribution in [1.29, 1.82) is 0 Å². The minimum Gasteiger partial charge on any atom is -0.497 e. The van der Waals surface area contributed by atoms with E-state index in [0.29, 0.717) is 0 Å². The Labute approximate surface area is 165 Å². The fourth-order valence-corrected chi connectivity index (χ4v) is 3.62. The number of ether oxygens (including phenoxy) is 1. The van der Waals surface area contributed by atoms with E-state index in [1.807, 2.05) is 54.5 Å². The topological polar surface area (TPSA) is 40.4 Å². The second-order valence-corrected chi connectivity index (χ2v) is 7.26. The van der Waals surface area contributed by atoms with Gasteiger partial charge in [0.1, 0.15) is 11.6 Å². The second kappa shape index (κ2) is 7.56. The Kier molecular flexibility index (Phi) is 4.96. The molecule has 3 aromatic rings. The number of methoxy groups -OCH3 is 1. The average Bonchev–Trinajstić information content (AvgIpc) is 3.16. The minimum absolute atomic E-state index is 0.0988. The maximum Gasteiger partial charge on any atom is 0.255 e. The first-order chi connectivity index (χ1) is 13.6. The molecule has 0 N–H and O–H groups in total. The number of hydrogen-bond acceptors (Lipinski definition) is 4. The number of piperazine rings is 1. The summed E-state index contributed by atoms with van der Waals surface area (Å²) >= 11 is 0. The minimum atomic E-state index is 0.0988. The van der Waals surface area contributed by atoms with Crippen molar-refractivity contribution in [3.05, 3.63) is 60.3 Å². The third-order valence-corrected chi connectivity index (χ3v) is 5.47. The maximum absolute atomic E-state index is 13.0. The van der Waals surface area contributed by atoms with Gasteiger partial charge in [-0.3, -0.25) is 4.79 Å². The van der Waals surface area contributed by atoms with Gasteiger partial charge < -0.3 is 23.8 Å². The smallest absolute Gasteiger partial charge is 0.255 e. The number of pyridine rings is 1. The molecular formula is C22H26N4O2. The van der Waals surface area contributed by atoms with E-state index in [-0.39, 0.29) is 5.91 Å². The van der Waals surface area contributed by atoms with Gasteiger partial charge in [0.2, 0.25) is 0 Å². The quantitative estimate of drug-likeness (QED) is 0.700. The number of carbonyl (C=O) groups excluding carboxylic acids is 1. The summed E-state index contributed by atoms with van der Waals surface area (Å²) in [5.74, 6) is 1.94. The number of amides is 1. The molecule has 1 fully saturated rings. The van der Waals surface area contributed by atoms with Crippen LogP contribution in [-0.2, 0) is 0 Å². The van der Waals surface area contributed by atoms with Crippen LogP contribution in [0.3, 0.4) is 0 Å². The number of fused-ring (bicyclic) bond motifs is 1. The van der Waals surface area contributed by atoms with Crippen LogP contribution in [-0.4, -0.2) is 67.5 Å². The molecule has 0 aliphatic carbocycles. The third kappa shape index (κ3) is 3.43. The zero-order chi connectivity index (χ0) is 19.7. The fourth-order valence-electron chi connectivity index (χ4n) is 3.62. The number of anilines is 2. The van der Waals surface area contributed by atoms with Gasteiger partial charge >= 0.3 is 0 Å². The van der Waals surface area contributed by atoms with Crippen LogP contribution in [0.2, 0.25) is 0 Å². The molecule has 6 heteroatoms. The second-order valence-electron chi connectivity index (χ2n) is 7.26. The molecule has 0 radical (unpaired) electrons. The lowest BCUT2D eigenvalue weighted by Gasteiger charge is -2.32. The van der Waals surface area contributed by atoms with Gasteiger partial charge in [-0.1, -0.05) is 0 Å². The van der Waals surface area contributed by atoms with Crippen molar-refractivity contribution in [2.24, 2.45) is 0 Å². The molecule has 1 amide bonds. The van der Waals surface area contributed by atoms with E-state index in [1.165, 1.54) is 0 Å². The standard InChI is InChI=1S/C22H26N4O2/c1-23-12-14-25(15-13-23)22(27)17-4-5-19-8-11-21(26(19)16-17)24(2)18-6-9-20(28-3)10-7-18/h4-11,16H,12-15H2,1-3H3. The lowest BCUT2D eigenvalue weighted by atomic mass is 10.2. The first-order valence-corrected chi connectivity index (χ1v) is 9.53. The van der Waals surface area contributed by atoms with Crippen LogP contribution in [0.5, 0.6) is 5.75 Å². The van der Waals surface area contributed by atoms with Crippen molar-refractivity contribution >= 4 is 22.9 Å². The van der Waals surface area contributed by atoms with E-state index in [4.69, 9.17) is 4.74 Å². The summed E-state index contributed by atoms with van der Waals surface area (Å²) in [4.78, 5) is 19.3. The Morgan fingerprint density at radius 1 is 0.964 bits per heavy atom. The summed E-state index contributed by atoms with van der Waals surface area (Å²) in [6.07, 6.45) is 1.95. The van der Waals surface area contributed by atoms with Crippen LogP contribution in [0.1, 0.15) is 10.4 Å². The molecule has 1 aliphatic rings. The molecule has 2 aromatic heterocycles. The van der Waals surface area contributed by atoms with Crippen LogP contribution < -0.4 is 9.64 Å². The number of nitrogens with zero attached hydrogens (tertiary/aromatic N) is 4. The van der Waals surface area contributed by atoms with E-state index in [0.717, 1.165) is 54.5 Å². The molecule has 0 bridgehead atoms. The van der Waals surface area contributed by atoms with Crippen LogP contribution in [0.15, 0.2) is 54.7 Å². The van der Waals surface area contributed by atoms with E-state index >= 15 is 0 Å². The highest BCUT2D eigenvalue weighted by atomic mass is 16.5. The number of hydrogen-bond donors (Lipinski definition) is 0. The molecule has 28 heavy (non-hydrogen) atoms. The molecule has 146 valence electrons. The Hall–Kier alpha value is -2.99. The largest absolute Gasteiger partial charge is 0.497 e. The first-order valence-electron chi connectivity index (χ1n) is 9.53. The Balaban J connectivity index is 1.63. The Morgan fingerprint density at radius 2 is 1.64 bits per heavy atom. The van der Waals surface area contributed by atoms with Crippen molar-refractivity contribution in [2.45, 2.75) is 0 Å². The monoisotopic (exact) mass is 378 g/mol. The van der Waals surface area contributed by atoms with Crippen molar-refractivity contribution in [2.75, 3.05) is 52.3 Å². The highest BCUT2D eigenvalue weighted by Gasteiger charge is 2.21. The molecule has 1 aromatic carbocycles. The van der Waals surface area contributed by atoms with Crippen LogP contribution >= 0.6 is 0 Å². The number of carbonyl (C=O) groups is 1.